The molecule has 0 bridgehead atoms. The van der Waals surface area contributed by atoms with E-state index in [1.165, 1.54) is 13.4 Å². The second-order valence-corrected chi connectivity index (χ2v) is 7.21. The van der Waals surface area contributed by atoms with E-state index in [-0.39, 0.29) is 11.0 Å². The molecular formula is C12H16BrNO4S. The largest absolute Gasteiger partial charge is 0.494 e. The van der Waals surface area contributed by atoms with E-state index in [0.29, 0.717) is 23.4 Å². The summed E-state index contributed by atoms with van der Waals surface area (Å²) in [5.41, 5.74) is 0.820. The van der Waals surface area contributed by atoms with Crippen LogP contribution in [0.15, 0.2) is 21.5 Å². The van der Waals surface area contributed by atoms with E-state index in [1.54, 1.807) is 6.07 Å². The van der Waals surface area contributed by atoms with Crippen LogP contribution in [-0.2, 0) is 14.6 Å². The average molecular weight is 350 g/mol. The highest BCUT2D eigenvalue weighted by atomic mass is 79.9. The van der Waals surface area contributed by atoms with Gasteiger partial charge in [-0.1, -0.05) is 0 Å². The molecule has 0 aliphatic carbocycles. The molecule has 1 aromatic carbocycles. The number of hydrogen-bond acceptors (Lipinski definition) is 5. The molecule has 0 amide bonds. The van der Waals surface area contributed by atoms with Crippen LogP contribution in [-0.4, -0.2) is 41.5 Å². The number of methoxy groups -OCH3 is 1. The van der Waals surface area contributed by atoms with Crippen molar-refractivity contribution in [3.05, 3.63) is 22.2 Å². The lowest BCUT2D eigenvalue weighted by molar-refractivity contribution is 0.0275. The molecule has 1 aliphatic heterocycles. The third kappa shape index (κ3) is 3.28. The molecule has 1 N–H and O–H groups in total. The molecule has 0 aromatic heterocycles. The second kappa shape index (κ2) is 5.78. The first-order valence-electron chi connectivity index (χ1n) is 5.83. The highest BCUT2D eigenvalue weighted by Gasteiger charge is 2.23. The van der Waals surface area contributed by atoms with E-state index < -0.39 is 9.84 Å². The van der Waals surface area contributed by atoms with Gasteiger partial charge in [0.05, 0.1) is 24.3 Å². The number of hydrogen-bond donors (Lipinski definition) is 1. The van der Waals surface area contributed by atoms with Gasteiger partial charge < -0.3 is 14.8 Å². The molecule has 1 heterocycles. The van der Waals surface area contributed by atoms with Crippen LogP contribution < -0.4 is 10.1 Å². The molecule has 0 radical (unpaired) electrons. The summed E-state index contributed by atoms with van der Waals surface area (Å²) in [7, 11) is -1.91. The van der Waals surface area contributed by atoms with E-state index >= 15 is 0 Å². The van der Waals surface area contributed by atoms with Gasteiger partial charge in [0.2, 0.25) is 0 Å². The number of nitrogens with one attached hydrogen (secondary N) is 1. The van der Waals surface area contributed by atoms with Gasteiger partial charge in [0.1, 0.15) is 4.90 Å². The molecule has 7 heteroatoms. The van der Waals surface area contributed by atoms with Crippen molar-refractivity contribution in [1.29, 1.82) is 0 Å². The lowest BCUT2D eigenvalue weighted by atomic mass is 10.1. The van der Waals surface area contributed by atoms with Crippen molar-refractivity contribution in [3.63, 3.8) is 0 Å². The predicted molar refractivity (Wildman–Crippen MR) is 75.4 cm³/mol. The van der Waals surface area contributed by atoms with Gasteiger partial charge in [-0.2, -0.15) is 0 Å². The lowest BCUT2D eigenvalue weighted by Crippen LogP contribution is -2.33. The van der Waals surface area contributed by atoms with Gasteiger partial charge in [-0.3, -0.25) is 0 Å². The van der Waals surface area contributed by atoms with E-state index in [1.807, 2.05) is 6.07 Å². The Kier molecular flexibility index (Phi) is 4.50. The lowest BCUT2D eigenvalue weighted by Gasteiger charge is -2.25. The Balaban J connectivity index is 2.50. The fraction of sp³-hybridized carbons (Fsp3) is 0.500. The average Bonchev–Trinajstić information content (AvgIpc) is 2.37. The summed E-state index contributed by atoms with van der Waals surface area (Å²) in [5.74, 6) is 0.329. The maximum atomic E-state index is 11.8. The maximum absolute atomic E-state index is 11.8. The van der Waals surface area contributed by atoms with Gasteiger partial charge in [-0.25, -0.2) is 8.42 Å². The summed E-state index contributed by atoms with van der Waals surface area (Å²) in [6.45, 7) is 2.09. The van der Waals surface area contributed by atoms with Crippen molar-refractivity contribution >= 4 is 25.8 Å². The monoisotopic (exact) mass is 349 g/mol. The smallest absolute Gasteiger partial charge is 0.179 e. The van der Waals surface area contributed by atoms with E-state index in [4.69, 9.17) is 9.47 Å². The van der Waals surface area contributed by atoms with Crippen molar-refractivity contribution in [1.82, 2.24) is 5.32 Å². The fourth-order valence-corrected chi connectivity index (χ4v) is 3.68. The van der Waals surface area contributed by atoms with Crippen LogP contribution in [0, 0.1) is 0 Å². The van der Waals surface area contributed by atoms with Crippen molar-refractivity contribution in [2.45, 2.75) is 11.0 Å². The Labute approximate surface area is 121 Å². The number of rotatable bonds is 3. The molecule has 1 atom stereocenters. The molecule has 1 aromatic rings. The normalized spacial score (nSPS) is 20.3. The molecular weight excluding hydrogens is 334 g/mol. The standard InChI is InChI=1S/C12H16BrNO4S/c1-17-12-9(13)5-8(6-11(12)19(2,15)16)10-7-14-3-4-18-10/h5-6,10,14H,3-4,7H2,1-2H3. The third-order valence-corrected chi connectivity index (χ3v) is 4.63. The van der Waals surface area contributed by atoms with Gasteiger partial charge in [0.25, 0.3) is 0 Å². The van der Waals surface area contributed by atoms with Gasteiger partial charge in [-0.15, -0.1) is 0 Å². The zero-order valence-corrected chi connectivity index (χ0v) is 13.2. The van der Waals surface area contributed by atoms with Crippen molar-refractivity contribution in [3.8, 4) is 5.75 Å². The van der Waals surface area contributed by atoms with Crippen LogP contribution in [0.25, 0.3) is 0 Å². The molecule has 106 valence electrons. The minimum Gasteiger partial charge on any atom is -0.494 e. The first-order valence-corrected chi connectivity index (χ1v) is 8.51. The SMILES string of the molecule is COc1c(Br)cc(C2CNCCO2)cc1S(C)(=O)=O. The molecule has 0 spiro atoms. The van der Waals surface area contributed by atoms with Crippen molar-refractivity contribution < 1.29 is 17.9 Å². The van der Waals surface area contributed by atoms with Gasteiger partial charge >= 0.3 is 0 Å². The van der Waals surface area contributed by atoms with Crippen LogP contribution in [0.5, 0.6) is 5.75 Å². The van der Waals surface area contributed by atoms with Crippen molar-refractivity contribution in [2.75, 3.05) is 33.1 Å². The van der Waals surface area contributed by atoms with E-state index in [0.717, 1.165) is 12.1 Å². The third-order valence-electron chi connectivity index (χ3n) is 2.93. The van der Waals surface area contributed by atoms with Crippen LogP contribution in [0.3, 0.4) is 0 Å². The molecule has 19 heavy (non-hydrogen) atoms. The number of morpholine rings is 1. The molecule has 1 saturated heterocycles. The minimum absolute atomic E-state index is 0.142. The summed E-state index contributed by atoms with van der Waals surface area (Å²) in [6, 6.07) is 3.46. The molecule has 1 aliphatic rings. The molecule has 0 saturated carbocycles. The highest BCUT2D eigenvalue weighted by Crippen LogP contribution is 2.36. The molecule has 2 rings (SSSR count). The van der Waals surface area contributed by atoms with Crippen LogP contribution in [0.1, 0.15) is 11.7 Å². The number of benzene rings is 1. The van der Waals surface area contributed by atoms with Crippen LogP contribution in [0.4, 0.5) is 0 Å². The van der Waals surface area contributed by atoms with Crippen molar-refractivity contribution in [2.24, 2.45) is 0 Å². The quantitative estimate of drug-likeness (QED) is 0.896. The van der Waals surface area contributed by atoms with Crippen LogP contribution in [0.2, 0.25) is 0 Å². The summed E-state index contributed by atoms with van der Waals surface area (Å²) < 4.78 is 35.1. The topological polar surface area (TPSA) is 64.6 Å². The minimum atomic E-state index is -3.36. The summed E-state index contributed by atoms with van der Waals surface area (Å²) in [5, 5.41) is 3.22. The fourth-order valence-electron chi connectivity index (χ4n) is 2.03. The Bertz CT molecular complexity index is 567. The van der Waals surface area contributed by atoms with Gasteiger partial charge in [0.15, 0.2) is 15.6 Å². The predicted octanol–water partition coefficient (Wildman–Crippen LogP) is 1.52. The molecule has 1 unspecified atom stereocenters. The maximum Gasteiger partial charge on any atom is 0.179 e. The summed E-state index contributed by atoms with van der Waals surface area (Å²) in [6.07, 6.45) is 1.03. The summed E-state index contributed by atoms with van der Waals surface area (Å²) in [4.78, 5) is 0.175. The van der Waals surface area contributed by atoms with E-state index in [2.05, 4.69) is 21.2 Å². The highest BCUT2D eigenvalue weighted by molar-refractivity contribution is 9.10. The van der Waals surface area contributed by atoms with Gasteiger partial charge in [0, 0.05) is 19.3 Å². The Morgan fingerprint density at radius 3 is 2.74 bits per heavy atom. The first-order chi connectivity index (χ1) is 8.93. The second-order valence-electron chi connectivity index (χ2n) is 4.37. The molecule has 1 fully saturated rings. The zero-order chi connectivity index (χ0) is 14.0. The number of sulfone groups is 1. The Hall–Kier alpha value is -0.630. The van der Waals surface area contributed by atoms with Gasteiger partial charge in [-0.05, 0) is 33.6 Å². The molecule has 5 nitrogen and oxygen atoms in total. The van der Waals surface area contributed by atoms with Crippen LogP contribution >= 0.6 is 15.9 Å². The first kappa shape index (κ1) is 14.8. The number of halogens is 1. The Morgan fingerprint density at radius 1 is 1.47 bits per heavy atom. The Morgan fingerprint density at radius 2 is 2.21 bits per heavy atom. The number of ether oxygens (including phenoxy) is 2. The summed E-state index contributed by atoms with van der Waals surface area (Å²) >= 11 is 3.35. The van der Waals surface area contributed by atoms with E-state index in [9.17, 15) is 8.42 Å². The zero-order valence-electron chi connectivity index (χ0n) is 10.8.